The lowest BCUT2D eigenvalue weighted by Gasteiger charge is -2.30. The number of Topliss-reactive ketones (excluding diaryl/α,β-unsaturated/α-hetero) is 1. The summed E-state index contributed by atoms with van der Waals surface area (Å²) in [6.07, 6.45) is -2.32. The number of aromatic nitrogens is 1. The number of rotatable bonds is 35. The van der Waals surface area contributed by atoms with Crippen LogP contribution in [0.15, 0.2) is 54.7 Å². The number of para-hydroxylation sites is 2. The first-order valence-corrected chi connectivity index (χ1v) is 37.2. The zero-order valence-corrected chi connectivity index (χ0v) is 64.5. The number of fused-ring (bicyclic) bond motifs is 1. The van der Waals surface area contributed by atoms with Crippen molar-refractivity contribution in [3.8, 4) is 0 Å². The van der Waals surface area contributed by atoms with E-state index in [-0.39, 0.29) is 37.1 Å². The number of aliphatic carboxylic acids is 4. The molecule has 1 aromatic heterocycles. The number of nitrogens with zero attached hydrogens (tertiary/aromatic N) is 1. The number of hydrogen-bond donors (Lipinski definition) is 21. The molecule has 0 spiro atoms. The maximum absolute atomic E-state index is 14.9. The van der Waals surface area contributed by atoms with Gasteiger partial charge in [-0.05, 0) is 69.3 Å². The molecule has 0 unspecified atom stereocenters. The summed E-state index contributed by atoms with van der Waals surface area (Å²) in [7, 11) is 0.926. The first-order chi connectivity index (χ1) is 54.8. The monoisotopic (exact) mass is 1630 g/mol. The van der Waals surface area contributed by atoms with E-state index < -0.39 is 261 Å². The van der Waals surface area contributed by atoms with Gasteiger partial charge in [0.15, 0.2) is 5.78 Å². The minimum Gasteiger partial charge on any atom is -0.481 e. The Bertz CT molecular complexity index is 4080. The van der Waals surface area contributed by atoms with Crippen LogP contribution in [0.2, 0.25) is 0 Å². The molecular formula is C73H103N17O26. The van der Waals surface area contributed by atoms with Crippen LogP contribution in [0, 0.1) is 5.92 Å². The lowest BCUT2D eigenvalue weighted by atomic mass is 9.96. The number of nitrogens with one attached hydrogen (secondary N) is 13. The molecule has 0 saturated carbocycles. The van der Waals surface area contributed by atoms with Crippen LogP contribution in [-0.4, -0.2) is 260 Å². The second-order valence-electron chi connectivity index (χ2n) is 27.7. The van der Waals surface area contributed by atoms with Gasteiger partial charge in [0.25, 0.3) is 0 Å². The minimum atomic E-state index is -2.45. The molecule has 14 amide bonds. The Morgan fingerprint density at radius 3 is 1.78 bits per heavy atom. The summed E-state index contributed by atoms with van der Waals surface area (Å²) in [6.45, 7) is 1.21. The molecule has 0 radical (unpaired) electrons. The van der Waals surface area contributed by atoms with Gasteiger partial charge >= 0.3 is 29.8 Å². The number of ether oxygens (including phenoxy) is 1. The van der Waals surface area contributed by atoms with Crippen LogP contribution in [-0.2, 0) is 102 Å². The molecule has 2 aromatic carbocycles. The van der Waals surface area contributed by atoms with Crippen molar-refractivity contribution in [3.05, 3.63) is 65.9 Å². The average molecular weight is 1630 g/mol. The van der Waals surface area contributed by atoms with Crippen molar-refractivity contribution in [2.24, 2.45) is 17.4 Å². The number of H-pyrrole nitrogens is 1. The normalized spacial score (nSPS) is 21.2. The molecule has 13 atom stereocenters. The molecule has 1 aliphatic heterocycles. The first-order valence-electron chi connectivity index (χ1n) is 37.2. The van der Waals surface area contributed by atoms with Gasteiger partial charge in [-0.1, -0.05) is 82.7 Å². The fourth-order valence-corrected chi connectivity index (χ4v) is 12.0. The standard InChI is InChI=1S/C73H103N17O26/c1-6-7-8-9-10-11-12-23-54(94)81-45(26-39-32-77-43-21-16-14-18-40(39)43)66(108)83-46(28-53(76)93)67(109)85-48(30-59(101)102)68(110)89-62-38(4)116-73(115)50(27-52(92)41-19-13-15-20-42(41)75)87-71(113)61(36(2)25-57(97)98)88-69(111)51(35-91)82-56(96)34-90(5)72(114)49(31-60(103)104)86-63(105)37(3)79-65(107)47(29-58(99)100)84-64(106)44(22-17-24-74)80-55(95)33-78-70(62)112/h13-16,18-21,32,36-38,44-51,61-62,77,91H,6-12,17,22-31,33-35,74-75H2,1-5H3,(H2,76,93)(H,78,112)(H,79,107)(H,80,95)(H,81,94)(H,82,96)(H,83,108)(H,84,106)(H,85,109)(H,86,105)(H,87,113)(H,88,111)(H,89,110)(H,97,98)(H,99,100)(H,101,102)(H,103,104)/t36-,37+,38+,44-,45-,46-,47-,48-,49-,50-,51+,61-,62-/m0/s1. The van der Waals surface area contributed by atoms with Gasteiger partial charge in [0.1, 0.15) is 72.6 Å². The number of ketones is 1. The molecule has 0 aliphatic carbocycles. The van der Waals surface area contributed by atoms with Crippen molar-refractivity contribution >= 4 is 135 Å². The van der Waals surface area contributed by atoms with Crippen molar-refractivity contribution in [1.82, 2.24) is 73.7 Å². The predicted octanol–water partition coefficient (Wildman–Crippen LogP) is -5.28. The fraction of sp³-hybridized carbons (Fsp3) is 0.534. The summed E-state index contributed by atoms with van der Waals surface area (Å²) in [4.78, 5) is 278. The molecule has 43 nitrogen and oxygen atoms in total. The van der Waals surface area contributed by atoms with Crippen LogP contribution < -0.4 is 81.0 Å². The van der Waals surface area contributed by atoms with Gasteiger partial charge in [-0.2, -0.15) is 0 Å². The van der Waals surface area contributed by atoms with Crippen molar-refractivity contribution in [1.29, 1.82) is 0 Å². The number of aliphatic hydroxyl groups excluding tert-OH is 1. The number of benzene rings is 2. The molecule has 2 heterocycles. The third-order valence-corrected chi connectivity index (χ3v) is 18.2. The Morgan fingerprint density at radius 1 is 0.586 bits per heavy atom. The quantitative estimate of drug-likeness (QED) is 0.0113. The zero-order valence-electron chi connectivity index (χ0n) is 64.5. The van der Waals surface area contributed by atoms with Crippen molar-refractivity contribution in [3.63, 3.8) is 0 Å². The number of cyclic esters (lactones) is 1. The number of carbonyl (C=O) groups is 20. The molecule has 0 bridgehead atoms. The molecule has 1 aliphatic rings. The number of aromatic amines is 1. The number of aliphatic hydroxyl groups is 1. The number of unbranched alkanes of at least 4 members (excludes halogenated alkanes) is 6. The maximum atomic E-state index is 14.9. The highest BCUT2D eigenvalue weighted by molar-refractivity contribution is 6.05. The van der Waals surface area contributed by atoms with Crippen LogP contribution in [0.1, 0.15) is 146 Å². The van der Waals surface area contributed by atoms with Gasteiger partial charge < -0.3 is 121 Å². The first kappa shape index (κ1) is 95.7. The number of nitrogens with two attached hydrogens (primary N) is 3. The number of carboxylic acid groups (broad SMARTS) is 4. The second kappa shape index (κ2) is 47.7. The second-order valence-corrected chi connectivity index (χ2v) is 27.7. The number of primary amides is 1. The fourth-order valence-electron chi connectivity index (χ4n) is 12.0. The Balaban J connectivity index is 1.88. The molecule has 116 heavy (non-hydrogen) atoms. The van der Waals surface area contributed by atoms with Crippen LogP contribution >= 0.6 is 0 Å². The number of nitrogen functional groups attached to an aromatic ring is 1. The number of amides is 14. The molecule has 3 aromatic rings. The lowest BCUT2D eigenvalue weighted by Crippen LogP contribution is -2.62. The Labute approximate surface area is 664 Å². The Morgan fingerprint density at radius 2 is 1.16 bits per heavy atom. The van der Waals surface area contributed by atoms with E-state index >= 15 is 0 Å². The van der Waals surface area contributed by atoms with E-state index in [1.54, 1.807) is 30.5 Å². The highest BCUT2D eigenvalue weighted by Gasteiger charge is 2.41. The lowest BCUT2D eigenvalue weighted by molar-refractivity contribution is -0.156. The number of carboxylic acids is 4. The van der Waals surface area contributed by atoms with E-state index in [2.05, 4.69) is 75.7 Å². The summed E-state index contributed by atoms with van der Waals surface area (Å²) >= 11 is 0. The number of carbonyl (C=O) groups excluding carboxylic acids is 16. The largest absolute Gasteiger partial charge is 0.481 e. The van der Waals surface area contributed by atoms with Crippen molar-refractivity contribution < 1.29 is 126 Å². The molecule has 1 saturated heterocycles. The van der Waals surface area contributed by atoms with Gasteiger partial charge in [0.2, 0.25) is 82.7 Å². The zero-order chi connectivity index (χ0) is 86.6. The van der Waals surface area contributed by atoms with E-state index in [1.807, 2.05) is 0 Å². The summed E-state index contributed by atoms with van der Waals surface area (Å²) in [5, 5.41) is 77.1. The highest BCUT2D eigenvalue weighted by Crippen LogP contribution is 2.22. The summed E-state index contributed by atoms with van der Waals surface area (Å²) in [5.41, 5.74) is 18.1. The third-order valence-electron chi connectivity index (χ3n) is 18.2. The van der Waals surface area contributed by atoms with Gasteiger partial charge in [-0.15, -0.1) is 0 Å². The SMILES string of the molecule is CCCCCCCCCC(=O)N[C@@H](Cc1c[nH]c2ccccc12)C(=O)N[C@@H](CC(N)=O)C(=O)N[C@@H](CC(=O)O)C(=O)N[C@@H]1C(=O)NCC(=O)N[C@@H](CCCN)C(=O)N[C@@H](CC(=O)O)C(=O)N[C@H](C)C(=O)N[C@@H](CC(=O)O)C(=O)N(C)CC(=O)N[C@H](CO)C(=O)N[C@@H]([C@@H](C)CC(=O)O)C(=O)N[C@@H](CC(=O)c2ccccc2N)C(=O)O[C@@H]1C. The van der Waals surface area contributed by atoms with E-state index in [0.29, 0.717) is 34.2 Å². The predicted molar refractivity (Wildman–Crippen MR) is 405 cm³/mol. The van der Waals surface area contributed by atoms with Crippen LogP contribution in [0.4, 0.5) is 5.69 Å². The Hall–Kier alpha value is -12.7. The molecule has 636 valence electrons. The number of anilines is 1. The van der Waals surface area contributed by atoms with Crippen LogP contribution in [0.25, 0.3) is 10.9 Å². The smallest absolute Gasteiger partial charge is 0.329 e. The van der Waals surface area contributed by atoms with Crippen molar-refractivity contribution in [2.45, 2.75) is 209 Å². The van der Waals surface area contributed by atoms with E-state index in [9.17, 15) is 121 Å². The van der Waals surface area contributed by atoms with Crippen LogP contribution in [0.3, 0.4) is 0 Å². The molecular weight excluding hydrogens is 1530 g/mol. The van der Waals surface area contributed by atoms with E-state index in [0.717, 1.165) is 59.9 Å². The topological polar surface area (TPSA) is 693 Å². The van der Waals surface area contributed by atoms with Gasteiger partial charge in [-0.3, -0.25) is 91.1 Å². The van der Waals surface area contributed by atoms with Gasteiger partial charge in [0, 0.05) is 54.7 Å². The molecule has 43 heteroatoms. The van der Waals surface area contributed by atoms with Gasteiger partial charge in [0.05, 0.1) is 51.8 Å². The van der Waals surface area contributed by atoms with Crippen molar-refractivity contribution in [2.75, 3.05) is 39.0 Å². The average Bonchev–Trinajstić information content (AvgIpc) is 1.65. The summed E-state index contributed by atoms with van der Waals surface area (Å²) < 4.78 is 5.69. The van der Waals surface area contributed by atoms with E-state index in [4.69, 9.17) is 21.9 Å². The minimum absolute atomic E-state index is 0.0186. The molecule has 4 rings (SSSR count). The summed E-state index contributed by atoms with van der Waals surface area (Å²) in [6, 6.07) is -10.5. The molecule has 1 fully saturated rings. The highest BCUT2D eigenvalue weighted by atomic mass is 16.5. The van der Waals surface area contributed by atoms with Gasteiger partial charge in [-0.25, -0.2) is 4.79 Å². The number of likely N-dealkylation sites (N-methyl/N-ethyl adjacent to an activating group) is 1. The third kappa shape index (κ3) is 32.1. The number of hydrogen-bond acceptors (Lipinski definition) is 24. The number of esters is 1. The Kier molecular flexibility index (Phi) is 39.4. The maximum Gasteiger partial charge on any atom is 0.329 e. The summed E-state index contributed by atoms with van der Waals surface area (Å²) in [5.74, 6) is -29.6. The van der Waals surface area contributed by atoms with Crippen LogP contribution in [0.5, 0.6) is 0 Å². The van der Waals surface area contributed by atoms with E-state index in [1.165, 1.54) is 24.3 Å². The molecule has 24 N–H and O–H groups in total.